The zero-order chi connectivity index (χ0) is 21.9. The van der Waals surface area contributed by atoms with Crippen molar-refractivity contribution in [3.8, 4) is 0 Å². The molecule has 3 rings (SSSR count). The van der Waals surface area contributed by atoms with Crippen molar-refractivity contribution >= 4 is 21.8 Å². The van der Waals surface area contributed by atoms with Crippen LogP contribution in [-0.4, -0.2) is 62.8 Å². The van der Waals surface area contributed by atoms with Crippen LogP contribution in [0.25, 0.3) is 0 Å². The number of hydrogen-bond acceptors (Lipinski definition) is 4. The third-order valence-corrected chi connectivity index (χ3v) is 6.33. The molecule has 1 heterocycles. The molecule has 10 heteroatoms. The molecule has 1 aliphatic rings. The van der Waals surface area contributed by atoms with Gasteiger partial charge in [-0.3, -0.25) is 9.59 Å². The van der Waals surface area contributed by atoms with Crippen LogP contribution in [-0.2, 0) is 10.0 Å². The van der Waals surface area contributed by atoms with Gasteiger partial charge in [0.1, 0.15) is 0 Å². The summed E-state index contributed by atoms with van der Waals surface area (Å²) in [6, 6.07) is 8.63. The van der Waals surface area contributed by atoms with E-state index >= 15 is 0 Å². The van der Waals surface area contributed by atoms with Gasteiger partial charge in [0.15, 0.2) is 11.6 Å². The zero-order valence-electron chi connectivity index (χ0n) is 16.3. The Bertz CT molecular complexity index is 1050. The highest BCUT2D eigenvalue weighted by Crippen LogP contribution is 2.16. The van der Waals surface area contributed by atoms with E-state index in [9.17, 15) is 26.8 Å². The summed E-state index contributed by atoms with van der Waals surface area (Å²) in [6.45, 7) is 2.97. The number of hydrogen-bond donors (Lipinski definition) is 1. The Labute approximate surface area is 173 Å². The molecule has 0 unspecified atom stereocenters. The molecule has 2 amide bonds. The highest BCUT2D eigenvalue weighted by molar-refractivity contribution is 7.89. The second-order valence-electron chi connectivity index (χ2n) is 6.74. The number of sulfonamides is 1. The number of benzene rings is 2. The molecule has 1 N–H and O–H groups in total. The monoisotopic (exact) mass is 437 g/mol. The average Bonchev–Trinajstić information content (AvgIpc) is 2.75. The van der Waals surface area contributed by atoms with Gasteiger partial charge in [0.25, 0.3) is 11.8 Å². The Balaban J connectivity index is 1.62. The standard InChI is InChI=1S/C20H21F2N3O4S/c1-2-23-30(28,29)16-6-3-14(4-7-16)19(26)24-9-11-25(12-10-24)20(27)15-5-8-17(21)18(22)13-15/h3-8,13,23H,2,9-12H2,1H3. The van der Waals surface area contributed by atoms with E-state index in [1.54, 1.807) is 11.8 Å². The SMILES string of the molecule is CCNS(=O)(=O)c1ccc(C(=O)N2CCN(C(=O)c3ccc(F)c(F)c3)CC2)cc1. The molecule has 0 spiro atoms. The van der Waals surface area contributed by atoms with Gasteiger partial charge in [0.2, 0.25) is 10.0 Å². The number of amides is 2. The molecular weight excluding hydrogens is 416 g/mol. The first-order chi connectivity index (χ1) is 14.2. The van der Waals surface area contributed by atoms with Crippen molar-refractivity contribution in [2.45, 2.75) is 11.8 Å². The Kier molecular flexibility index (Phi) is 6.47. The molecule has 30 heavy (non-hydrogen) atoms. The van der Waals surface area contributed by atoms with E-state index in [0.29, 0.717) is 5.56 Å². The minimum Gasteiger partial charge on any atom is -0.335 e. The van der Waals surface area contributed by atoms with Crippen LogP contribution < -0.4 is 4.72 Å². The van der Waals surface area contributed by atoms with Gasteiger partial charge in [0, 0.05) is 43.9 Å². The van der Waals surface area contributed by atoms with Crippen molar-refractivity contribution in [2.75, 3.05) is 32.7 Å². The summed E-state index contributed by atoms with van der Waals surface area (Å²) in [6.07, 6.45) is 0. The minimum absolute atomic E-state index is 0.0474. The zero-order valence-corrected chi connectivity index (χ0v) is 17.1. The van der Waals surface area contributed by atoms with E-state index in [1.807, 2.05) is 0 Å². The second-order valence-corrected chi connectivity index (χ2v) is 8.51. The van der Waals surface area contributed by atoms with E-state index in [2.05, 4.69) is 4.72 Å². The van der Waals surface area contributed by atoms with Crippen LogP contribution in [0.15, 0.2) is 47.4 Å². The van der Waals surface area contributed by atoms with Gasteiger partial charge in [-0.1, -0.05) is 6.92 Å². The Morgan fingerprint density at radius 1 is 0.867 bits per heavy atom. The molecule has 2 aromatic carbocycles. The van der Waals surface area contributed by atoms with Crippen LogP contribution in [0.3, 0.4) is 0 Å². The van der Waals surface area contributed by atoms with Crippen LogP contribution in [0, 0.1) is 11.6 Å². The predicted octanol–water partition coefficient (Wildman–Crippen LogP) is 1.86. The molecular formula is C20H21F2N3O4S. The number of piperazine rings is 1. The molecule has 2 aromatic rings. The average molecular weight is 437 g/mol. The van der Waals surface area contributed by atoms with Crippen LogP contribution in [0.5, 0.6) is 0 Å². The minimum atomic E-state index is -3.60. The summed E-state index contributed by atoms with van der Waals surface area (Å²) in [5.41, 5.74) is 0.386. The first-order valence-corrected chi connectivity index (χ1v) is 10.8. The molecule has 160 valence electrons. The highest BCUT2D eigenvalue weighted by Gasteiger charge is 2.26. The number of halogens is 2. The van der Waals surface area contributed by atoms with E-state index in [-0.39, 0.29) is 49.1 Å². The Hall–Kier alpha value is -2.85. The smallest absolute Gasteiger partial charge is 0.254 e. The third kappa shape index (κ3) is 4.65. The molecule has 1 fully saturated rings. The van der Waals surface area contributed by atoms with Crippen LogP contribution in [0.1, 0.15) is 27.6 Å². The summed E-state index contributed by atoms with van der Waals surface area (Å²) in [5, 5.41) is 0. The first kappa shape index (κ1) is 21.8. The van der Waals surface area contributed by atoms with Gasteiger partial charge >= 0.3 is 0 Å². The molecule has 0 aromatic heterocycles. The van der Waals surface area contributed by atoms with Crippen molar-refractivity contribution in [2.24, 2.45) is 0 Å². The maximum Gasteiger partial charge on any atom is 0.254 e. The normalized spacial score (nSPS) is 14.6. The van der Waals surface area contributed by atoms with Gasteiger partial charge in [-0.05, 0) is 42.5 Å². The highest BCUT2D eigenvalue weighted by atomic mass is 32.2. The summed E-state index contributed by atoms with van der Waals surface area (Å²) in [7, 11) is -3.60. The molecule has 0 aliphatic carbocycles. The lowest BCUT2D eigenvalue weighted by molar-refractivity contribution is 0.0535. The lowest BCUT2D eigenvalue weighted by Crippen LogP contribution is -2.50. The Morgan fingerprint density at radius 2 is 1.37 bits per heavy atom. The van der Waals surface area contributed by atoms with Crippen LogP contribution >= 0.6 is 0 Å². The fraction of sp³-hybridized carbons (Fsp3) is 0.300. The second kappa shape index (κ2) is 8.88. The van der Waals surface area contributed by atoms with E-state index in [1.165, 1.54) is 35.2 Å². The lowest BCUT2D eigenvalue weighted by atomic mass is 10.1. The predicted molar refractivity (Wildman–Crippen MR) is 105 cm³/mol. The maximum atomic E-state index is 13.4. The van der Waals surface area contributed by atoms with Crippen molar-refractivity contribution in [3.63, 3.8) is 0 Å². The summed E-state index contributed by atoms with van der Waals surface area (Å²) in [4.78, 5) is 28.3. The van der Waals surface area contributed by atoms with E-state index < -0.39 is 27.6 Å². The van der Waals surface area contributed by atoms with Crippen LogP contribution in [0.2, 0.25) is 0 Å². The lowest BCUT2D eigenvalue weighted by Gasteiger charge is -2.35. The van der Waals surface area contributed by atoms with E-state index in [0.717, 1.165) is 12.1 Å². The molecule has 7 nitrogen and oxygen atoms in total. The fourth-order valence-corrected chi connectivity index (χ4v) is 4.20. The molecule has 0 saturated carbocycles. The van der Waals surface area contributed by atoms with Gasteiger partial charge in [-0.15, -0.1) is 0 Å². The topological polar surface area (TPSA) is 86.8 Å². The molecule has 0 bridgehead atoms. The summed E-state index contributed by atoms with van der Waals surface area (Å²) >= 11 is 0. The van der Waals surface area contributed by atoms with Crippen molar-refractivity contribution < 1.29 is 26.8 Å². The van der Waals surface area contributed by atoms with Gasteiger partial charge in [0.05, 0.1) is 4.90 Å². The third-order valence-electron chi connectivity index (χ3n) is 4.77. The maximum absolute atomic E-state index is 13.4. The van der Waals surface area contributed by atoms with Crippen LogP contribution in [0.4, 0.5) is 8.78 Å². The number of carbonyl (C=O) groups excluding carboxylic acids is 2. The summed E-state index contributed by atoms with van der Waals surface area (Å²) < 4.78 is 52.8. The van der Waals surface area contributed by atoms with Crippen molar-refractivity contribution in [1.82, 2.24) is 14.5 Å². The first-order valence-electron chi connectivity index (χ1n) is 9.36. The number of nitrogens with one attached hydrogen (secondary N) is 1. The molecule has 0 atom stereocenters. The van der Waals surface area contributed by atoms with Crippen molar-refractivity contribution in [3.05, 3.63) is 65.2 Å². The molecule has 0 radical (unpaired) electrons. The molecule has 1 aliphatic heterocycles. The van der Waals surface area contributed by atoms with Gasteiger partial charge < -0.3 is 9.80 Å². The van der Waals surface area contributed by atoms with Gasteiger partial charge in [-0.25, -0.2) is 21.9 Å². The van der Waals surface area contributed by atoms with Gasteiger partial charge in [-0.2, -0.15) is 0 Å². The fourth-order valence-electron chi connectivity index (χ4n) is 3.16. The Morgan fingerprint density at radius 3 is 1.87 bits per heavy atom. The van der Waals surface area contributed by atoms with Crippen molar-refractivity contribution in [1.29, 1.82) is 0 Å². The number of nitrogens with zero attached hydrogens (tertiary/aromatic N) is 2. The number of rotatable bonds is 5. The quantitative estimate of drug-likeness (QED) is 0.774. The largest absolute Gasteiger partial charge is 0.335 e. The molecule has 1 saturated heterocycles. The summed E-state index contributed by atoms with van der Waals surface area (Å²) in [5.74, 6) is -2.82. The number of carbonyl (C=O) groups is 2. The van der Waals surface area contributed by atoms with E-state index in [4.69, 9.17) is 0 Å².